The number of rotatable bonds is 4. The first kappa shape index (κ1) is 26.4. The summed E-state index contributed by atoms with van der Waals surface area (Å²) in [5.74, 6) is 5.80. The van der Waals surface area contributed by atoms with Gasteiger partial charge in [-0.2, -0.15) is 5.10 Å². The maximum absolute atomic E-state index is 13.5. The zero-order chi connectivity index (χ0) is 27.4. The lowest BCUT2D eigenvalue weighted by atomic mass is 9.92. The molecule has 10 heteroatoms. The summed E-state index contributed by atoms with van der Waals surface area (Å²) < 4.78 is 16.8. The minimum atomic E-state index is -1.10. The van der Waals surface area contributed by atoms with E-state index in [0.29, 0.717) is 35.6 Å². The van der Waals surface area contributed by atoms with Gasteiger partial charge in [-0.3, -0.25) is 9.48 Å². The predicted molar refractivity (Wildman–Crippen MR) is 141 cm³/mol. The number of amides is 1. The molecular weight excluding hydrogens is 509 g/mol. The third-order valence-corrected chi connectivity index (χ3v) is 8.01. The van der Waals surface area contributed by atoms with Gasteiger partial charge >= 0.3 is 0 Å². The van der Waals surface area contributed by atoms with Gasteiger partial charge in [0.15, 0.2) is 0 Å². The van der Waals surface area contributed by atoms with Gasteiger partial charge in [0.2, 0.25) is 0 Å². The molecule has 2 aromatic heterocycles. The topological polar surface area (TPSA) is 105 Å². The van der Waals surface area contributed by atoms with Gasteiger partial charge in [-0.25, -0.2) is 9.37 Å². The lowest BCUT2D eigenvalue weighted by Crippen LogP contribution is -2.24. The van der Waals surface area contributed by atoms with Crippen molar-refractivity contribution >= 4 is 23.2 Å². The van der Waals surface area contributed by atoms with E-state index in [1.54, 1.807) is 49.6 Å². The van der Waals surface area contributed by atoms with E-state index in [0.717, 1.165) is 18.5 Å². The molecule has 2 saturated carbocycles. The van der Waals surface area contributed by atoms with Crippen LogP contribution < -0.4 is 5.32 Å². The van der Waals surface area contributed by atoms with Gasteiger partial charge in [-0.05, 0) is 81.6 Å². The average molecular weight is 540 g/mol. The molecule has 8 nitrogen and oxygen atoms in total. The number of hydrogen-bond donors (Lipinski definition) is 3. The number of aliphatic hydroxyl groups is 2. The van der Waals surface area contributed by atoms with E-state index in [1.807, 2.05) is 0 Å². The van der Waals surface area contributed by atoms with Crippen molar-refractivity contribution in [1.29, 1.82) is 0 Å². The molecule has 5 rings (SSSR count). The molecule has 2 fully saturated rings. The van der Waals surface area contributed by atoms with Crippen LogP contribution in [0.5, 0.6) is 0 Å². The van der Waals surface area contributed by atoms with Gasteiger partial charge in [-0.15, -0.1) is 0 Å². The third kappa shape index (κ3) is 5.08. The zero-order valence-electron chi connectivity index (χ0n) is 21.8. The summed E-state index contributed by atoms with van der Waals surface area (Å²) in [6.07, 6.45) is 4.34. The molecule has 0 saturated heterocycles. The first-order chi connectivity index (χ1) is 17.8. The second-order valence-electron chi connectivity index (χ2n) is 11.1. The van der Waals surface area contributed by atoms with Gasteiger partial charge in [0.05, 0.1) is 22.7 Å². The van der Waals surface area contributed by atoms with Crippen LogP contribution in [0.3, 0.4) is 0 Å². The van der Waals surface area contributed by atoms with Crippen molar-refractivity contribution in [2.75, 3.05) is 5.32 Å². The van der Waals surface area contributed by atoms with Gasteiger partial charge in [0.1, 0.15) is 28.4 Å². The van der Waals surface area contributed by atoms with Gasteiger partial charge in [0.25, 0.3) is 5.91 Å². The van der Waals surface area contributed by atoms with Crippen LogP contribution >= 0.6 is 11.6 Å². The number of nitrogens with zero attached hydrogens (tertiary/aromatic N) is 4. The number of carbonyl (C=O) groups excluding carboxylic acids is 1. The molecule has 200 valence electrons. The number of imidazole rings is 1. The molecule has 1 aromatic carbocycles. The van der Waals surface area contributed by atoms with E-state index in [9.17, 15) is 19.4 Å². The lowest BCUT2D eigenvalue weighted by Gasteiger charge is -2.18. The molecule has 0 bridgehead atoms. The van der Waals surface area contributed by atoms with Crippen molar-refractivity contribution in [3.8, 4) is 11.8 Å². The first-order valence-electron chi connectivity index (χ1n) is 12.6. The number of halogens is 2. The Morgan fingerprint density at radius 2 is 1.92 bits per heavy atom. The Bertz CT molecular complexity index is 1450. The first-order valence-corrected chi connectivity index (χ1v) is 13.0. The largest absolute Gasteiger partial charge is 0.384 e. The Morgan fingerprint density at radius 1 is 1.24 bits per heavy atom. The van der Waals surface area contributed by atoms with Gasteiger partial charge < -0.3 is 20.1 Å². The van der Waals surface area contributed by atoms with Crippen LogP contribution in [0.4, 0.5) is 10.1 Å². The highest BCUT2D eigenvalue weighted by molar-refractivity contribution is 6.31. The quantitative estimate of drug-likeness (QED) is 0.433. The van der Waals surface area contributed by atoms with Crippen molar-refractivity contribution in [2.24, 2.45) is 25.9 Å². The Morgan fingerprint density at radius 3 is 2.53 bits per heavy atom. The van der Waals surface area contributed by atoms with Crippen LogP contribution in [0.15, 0.2) is 30.6 Å². The van der Waals surface area contributed by atoms with Crippen LogP contribution in [0.1, 0.15) is 73.0 Å². The minimum absolute atomic E-state index is 0.0621. The van der Waals surface area contributed by atoms with E-state index >= 15 is 0 Å². The maximum atomic E-state index is 13.5. The summed E-state index contributed by atoms with van der Waals surface area (Å²) in [5.41, 5.74) is 0.628. The van der Waals surface area contributed by atoms with Crippen molar-refractivity contribution in [3.05, 3.63) is 64.2 Å². The molecule has 1 amide bonds. The molecule has 2 heterocycles. The summed E-state index contributed by atoms with van der Waals surface area (Å²) in [6, 6.07) is 5.80. The van der Waals surface area contributed by atoms with Crippen LogP contribution in [0.25, 0.3) is 0 Å². The van der Waals surface area contributed by atoms with Crippen molar-refractivity contribution in [1.82, 2.24) is 19.3 Å². The molecule has 2 aliphatic rings. The highest BCUT2D eigenvalue weighted by Gasteiger charge is 2.49. The number of anilines is 1. The summed E-state index contributed by atoms with van der Waals surface area (Å²) in [4.78, 5) is 17.7. The minimum Gasteiger partial charge on any atom is -0.384 e. The van der Waals surface area contributed by atoms with Crippen LogP contribution in [-0.2, 0) is 19.7 Å². The molecule has 2 aliphatic carbocycles. The SMILES string of the molecule is Cn1cnc(C2CC3CC(O)(C#Cc4cc(C(C)(C)O)n(C)n4)CC3C2)c1C(=O)Nc1ccc(F)c(Cl)c1. The smallest absolute Gasteiger partial charge is 0.274 e. The fourth-order valence-corrected chi connectivity index (χ4v) is 6.24. The summed E-state index contributed by atoms with van der Waals surface area (Å²) in [6.45, 7) is 3.39. The van der Waals surface area contributed by atoms with Crippen molar-refractivity contribution in [2.45, 2.75) is 56.7 Å². The van der Waals surface area contributed by atoms with E-state index in [-0.39, 0.29) is 28.7 Å². The second kappa shape index (κ2) is 9.53. The molecule has 0 spiro atoms. The Balaban J connectivity index is 1.28. The second-order valence-corrected chi connectivity index (χ2v) is 11.6. The van der Waals surface area contributed by atoms with Crippen LogP contribution in [0.2, 0.25) is 5.02 Å². The fraction of sp³-hybridized carbons (Fsp3) is 0.464. The van der Waals surface area contributed by atoms with E-state index in [2.05, 4.69) is 27.2 Å². The Labute approximate surface area is 225 Å². The van der Waals surface area contributed by atoms with Crippen molar-refractivity contribution in [3.63, 3.8) is 0 Å². The van der Waals surface area contributed by atoms with Crippen LogP contribution in [0, 0.1) is 29.5 Å². The fourth-order valence-electron chi connectivity index (χ4n) is 6.06. The van der Waals surface area contributed by atoms with E-state index in [4.69, 9.17) is 11.6 Å². The molecular formula is C28H31ClFN5O3. The molecule has 0 aliphatic heterocycles. The molecule has 2 atom stereocenters. The molecule has 0 radical (unpaired) electrons. The summed E-state index contributed by atoms with van der Waals surface area (Å²) >= 11 is 5.86. The standard InChI is InChI=1S/C28H31ClFN5O3/c1-27(2,37)23-12-20(33-35(23)4)7-8-28(38)13-17-9-16(10-18(17)14-28)24-25(34(3)15-31-24)26(36)32-19-5-6-22(30)21(29)11-19/h5-6,11-12,15-18,37-38H,9-10,13-14H2,1-4H3,(H,32,36). The number of hydrogen-bond acceptors (Lipinski definition) is 5. The maximum Gasteiger partial charge on any atom is 0.274 e. The normalized spacial score (nSPS) is 24.7. The number of nitrogens with one attached hydrogen (secondary N) is 1. The zero-order valence-corrected chi connectivity index (χ0v) is 22.6. The number of aromatic nitrogens is 4. The molecule has 3 aromatic rings. The van der Waals surface area contributed by atoms with Gasteiger partial charge in [-0.1, -0.05) is 17.5 Å². The summed E-state index contributed by atoms with van der Waals surface area (Å²) in [5, 5.41) is 28.6. The number of benzene rings is 1. The molecule has 2 unspecified atom stereocenters. The molecule has 3 N–H and O–H groups in total. The van der Waals surface area contributed by atoms with Crippen LogP contribution in [-0.4, -0.2) is 41.1 Å². The highest BCUT2D eigenvalue weighted by Crippen LogP contribution is 2.53. The van der Waals surface area contributed by atoms with E-state index < -0.39 is 17.0 Å². The molecule has 38 heavy (non-hydrogen) atoms. The van der Waals surface area contributed by atoms with E-state index in [1.165, 1.54) is 18.2 Å². The monoisotopic (exact) mass is 539 g/mol. The third-order valence-electron chi connectivity index (χ3n) is 7.72. The predicted octanol–water partition coefficient (Wildman–Crippen LogP) is 4.11. The van der Waals surface area contributed by atoms with Crippen molar-refractivity contribution < 1.29 is 19.4 Å². The Kier molecular flexibility index (Phi) is 6.62. The highest BCUT2D eigenvalue weighted by atomic mass is 35.5. The van der Waals surface area contributed by atoms with Gasteiger partial charge in [0, 0.05) is 25.7 Å². The lowest BCUT2D eigenvalue weighted by molar-refractivity contribution is 0.0695. The number of carbonyl (C=O) groups is 1. The average Bonchev–Trinajstić information content (AvgIpc) is 3.56. The number of fused-ring (bicyclic) bond motifs is 1. The summed E-state index contributed by atoms with van der Waals surface area (Å²) in [7, 11) is 3.53. The Hall–Kier alpha value is -3.19. The number of aryl methyl sites for hydroxylation is 2.